The van der Waals surface area contributed by atoms with Crippen molar-refractivity contribution in [3.8, 4) is 5.75 Å². The minimum Gasteiger partial charge on any atom is -0.484 e. The molecule has 0 aromatic carbocycles. The number of ether oxygens (including phenoxy) is 1. The van der Waals surface area contributed by atoms with E-state index in [2.05, 4.69) is 15.1 Å². The first kappa shape index (κ1) is 20.7. The third kappa shape index (κ3) is 4.72. The highest BCUT2D eigenvalue weighted by Crippen LogP contribution is 2.44. The van der Waals surface area contributed by atoms with E-state index in [1.165, 1.54) is 26.1 Å². The van der Waals surface area contributed by atoms with Gasteiger partial charge < -0.3 is 15.0 Å². The summed E-state index contributed by atoms with van der Waals surface area (Å²) in [7, 11) is 0. The normalized spacial score (nSPS) is 16.3. The summed E-state index contributed by atoms with van der Waals surface area (Å²) in [5, 5.41) is 3.67. The van der Waals surface area contributed by atoms with Gasteiger partial charge in [0.05, 0.1) is 0 Å². The quantitative estimate of drug-likeness (QED) is 0.662. The fraction of sp³-hybridized carbons (Fsp3) is 0.500. The van der Waals surface area contributed by atoms with Crippen LogP contribution in [0.3, 0.4) is 0 Å². The number of carbonyl (C=O) groups is 2. The van der Waals surface area contributed by atoms with E-state index in [0.29, 0.717) is 5.56 Å². The Labute approximate surface area is 163 Å². The summed E-state index contributed by atoms with van der Waals surface area (Å²) in [6, 6.07) is 1.17. The number of carbonyl (C=O) groups excluding carboxylic acids is 2. The second-order valence-corrected chi connectivity index (χ2v) is 7.22. The molecule has 1 aliphatic rings. The van der Waals surface area contributed by atoms with Crippen molar-refractivity contribution in [1.29, 1.82) is 0 Å². The molecule has 0 bridgehead atoms. The van der Waals surface area contributed by atoms with E-state index in [1.54, 1.807) is 0 Å². The van der Waals surface area contributed by atoms with E-state index in [1.807, 2.05) is 0 Å². The Hall–Kier alpha value is -2.98. The molecule has 2 aromatic heterocycles. The molecular formula is C18H19F3N4O4. The van der Waals surface area contributed by atoms with Crippen LogP contribution in [-0.4, -0.2) is 39.6 Å². The van der Waals surface area contributed by atoms with Crippen molar-refractivity contribution >= 4 is 11.7 Å². The van der Waals surface area contributed by atoms with E-state index in [0.717, 1.165) is 12.8 Å². The molecule has 2 heterocycles. The molecule has 1 unspecified atom stereocenters. The van der Waals surface area contributed by atoms with Crippen molar-refractivity contribution in [1.82, 2.24) is 15.1 Å². The smallest absolute Gasteiger partial charge is 0.422 e. The lowest BCUT2D eigenvalue weighted by molar-refractivity contribution is -0.153. The number of nitrogens with two attached hydrogens (primary N) is 1. The maximum Gasteiger partial charge on any atom is 0.422 e. The van der Waals surface area contributed by atoms with Gasteiger partial charge in [-0.3, -0.25) is 14.6 Å². The van der Waals surface area contributed by atoms with E-state index in [4.69, 9.17) is 15.0 Å². The van der Waals surface area contributed by atoms with Gasteiger partial charge in [-0.05, 0) is 25.7 Å². The summed E-state index contributed by atoms with van der Waals surface area (Å²) in [5.74, 6) is -1.32. The lowest BCUT2D eigenvalue weighted by Gasteiger charge is -2.21. The van der Waals surface area contributed by atoms with Gasteiger partial charge in [-0.2, -0.15) is 18.2 Å². The molecular weight excluding hydrogens is 393 g/mol. The number of nitrogens with zero attached hydrogens (tertiary/aromatic N) is 3. The topological polar surface area (TPSA) is 121 Å². The number of aromatic nitrogens is 3. The standard InChI is InChI=1S/C18H19F3N4O4/c1-9-24-16(25-29-9)17(2,15(22)27)6-13(26)12-5-14(28-8-18(19,20)21)11(7-23-12)10-3-4-10/h5,7,10H,3-4,6,8H2,1-2H3,(H2,22,27). The van der Waals surface area contributed by atoms with Crippen LogP contribution in [0.1, 0.15) is 59.9 Å². The Morgan fingerprint density at radius 1 is 1.34 bits per heavy atom. The molecule has 1 amide bonds. The van der Waals surface area contributed by atoms with Crippen LogP contribution in [0.25, 0.3) is 0 Å². The molecule has 1 fully saturated rings. The number of hydrogen-bond acceptors (Lipinski definition) is 7. The number of rotatable bonds is 8. The fourth-order valence-corrected chi connectivity index (χ4v) is 2.80. The van der Waals surface area contributed by atoms with Gasteiger partial charge in [0.15, 0.2) is 18.2 Å². The van der Waals surface area contributed by atoms with Crippen molar-refractivity contribution in [2.75, 3.05) is 6.61 Å². The van der Waals surface area contributed by atoms with Crippen LogP contribution in [-0.2, 0) is 10.2 Å². The summed E-state index contributed by atoms with van der Waals surface area (Å²) < 4.78 is 47.5. The molecule has 3 rings (SSSR count). The molecule has 0 saturated heterocycles. The van der Waals surface area contributed by atoms with Crippen LogP contribution in [0.15, 0.2) is 16.8 Å². The van der Waals surface area contributed by atoms with Gasteiger partial charge in [-0.15, -0.1) is 0 Å². The number of hydrogen-bond donors (Lipinski definition) is 1. The van der Waals surface area contributed by atoms with Gasteiger partial charge in [-0.25, -0.2) is 0 Å². The van der Waals surface area contributed by atoms with Crippen LogP contribution in [0.2, 0.25) is 0 Å². The lowest BCUT2D eigenvalue weighted by Crippen LogP contribution is -2.41. The van der Waals surface area contributed by atoms with E-state index < -0.39 is 36.3 Å². The molecule has 0 aliphatic heterocycles. The molecule has 29 heavy (non-hydrogen) atoms. The van der Waals surface area contributed by atoms with Gasteiger partial charge >= 0.3 is 6.18 Å². The van der Waals surface area contributed by atoms with Crippen LogP contribution >= 0.6 is 0 Å². The largest absolute Gasteiger partial charge is 0.484 e. The Morgan fingerprint density at radius 2 is 2.03 bits per heavy atom. The summed E-state index contributed by atoms with van der Waals surface area (Å²) in [6.07, 6.45) is -1.98. The Morgan fingerprint density at radius 3 is 2.55 bits per heavy atom. The van der Waals surface area contributed by atoms with Crippen LogP contribution in [0.5, 0.6) is 5.75 Å². The Kier molecular flexibility index (Phi) is 5.33. The molecule has 11 heteroatoms. The number of ketones is 1. The number of amides is 1. The summed E-state index contributed by atoms with van der Waals surface area (Å²) >= 11 is 0. The zero-order valence-corrected chi connectivity index (χ0v) is 15.7. The maximum atomic E-state index is 12.8. The third-order valence-corrected chi connectivity index (χ3v) is 4.67. The maximum absolute atomic E-state index is 12.8. The van der Waals surface area contributed by atoms with Gasteiger partial charge in [0, 0.05) is 31.2 Å². The van der Waals surface area contributed by atoms with Crippen molar-refractivity contribution in [2.45, 2.75) is 50.6 Å². The highest BCUT2D eigenvalue weighted by molar-refractivity contribution is 6.00. The lowest BCUT2D eigenvalue weighted by atomic mass is 9.82. The van der Waals surface area contributed by atoms with Crippen molar-refractivity contribution in [3.63, 3.8) is 0 Å². The molecule has 156 valence electrons. The molecule has 1 aliphatic carbocycles. The van der Waals surface area contributed by atoms with Gasteiger partial charge in [0.25, 0.3) is 0 Å². The van der Waals surface area contributed by atoms with E-state index in [-0.39, 0.29) is 29.1 Å². The van der Waals surface area contributed by atoms with Crippen LogP contribution < -0.4 is 10.5 Å². The summed E-state index contributed by atoms with van der Waals surface area (Å²) in [6.45, 7) is 1.42. The summed E-state index contributed by atoms with van der Waals surface area (Å²) in [5.41, 5.74) is 4.27. The number of alkyl halides is 3. The molecule has 1 saturated carbocycles. The van der Waals surface area contributed by atoms with E-state index in [9.17, 15) is 22.8 Å². The Bertz CT molecular complexity index is 939. The fourth-order valence-electron chi connectivity index (χ4n) is 2.80. The molecule has 8 nitrogen and oxygen atoms in total. The van der Waals surface area contributed by atoms with E-state index >= 15 is 0 Å². The van der Waals surface area contributed by atoms with Crippen molar-refractivity contribution < 1.29 is 32.0 Å². The van der Waals surface area contributed by atoms with Crippen molar-refractivity contribution in [2.24, 2.45) is 5.73 Å². The monoisotopic (exact) mass is 412 g/mol. The van der Waals surface area contributed by atoms with Crippen molar-refractivity contribution in [3.05, 3.63) is 35.2 Å². The van der Waals surface area contributed by atoms with Gasteiger partial charge in [0.2, 0.25) is 11.8 Å². The zero-order chi connectivity index (χ0) is 21.4. The summed E-state index contributed by atoms with van der Waals surface area (Å²) in [4.78, 5) is 32.8. The minimum absolute atomic E-state index is 0.0423. The van der Waals surface area contributed by atoms with Crippen LogP contribution in [0.4, 0.5) is 13.2 Å². The second kappa shape index (κ2) is 7.45. The molecule has 2 aromatic rings. The number of pyridine rings is 1. The predicted molar refractivity (Wildman–Crippen MR) is 92.3 cm³/mol. The molecule has 0 radical (unpaired) electrons. The number of primary amides is 1. The highest BCUT2D eigenvalue weighted by atomic mass is 19.4. The first-order valence-electron chi connectivity index (χ1n) is 8.83. The first-order chi connectivity index (χ1) is 13.5. The minimum atomic E-state index is -4.52. The van der Waals surface area contributed by atoms with Crippen LogP contribution in [0, 0.1) is 6.92 Å². The first-order valence-corrected chi connectivity index (χ1v) is 8.83. The number of Topliss-reactive ketones (excluding diaryl/α,β-unsaturated/α-hetero) is 1. The van der Waals surface area contributed by atoms with Gasteiger partial charge in [0.1, 0.15) is 16.9 Å². The second-order valence-electron chi connectivity index (χ2n) is 7.22. The average Bonchev–Trinajstić information content (AvgIpc) is 3.39. The zero-order valence-electron chi connectivity index (χ0n) is 15.7. The molecule has 1 atom stereocenters. The average molecular weight is 412 g/mol. The third-order valence-electron chi connectivity index (χ3n) is 4.67. The molecule has 0 spiro atoms. The van der Waals surface area contributed by atoms with Gasteiger partial charge in [-0.1, -0.05) is 5.16 Å². The highest BCUT2D eigenvalue weighted by Gasteiger charge is 2.41. The number of halogens is 3. The Balaban J connectivity index is 1.87. The SMILES string of the molecule is Cc1nc(C(C)(CC(=O)c2cc(OCC(F)(F)F)c(C3CC3)cn2)C(N)=O)no1. The molecule has 2 N–H and O–H groups in total. The predicted octanol–water partition coefficient (Wildman–Crippen LogP) is 2.61. The number of aryl methyl sites for hydroxylation is 1.